The smallest absolute Gasteiger partial charge is 0.259 e. The number of aryl methyl sites for hydroxylation is 1. The van der Waals surface area contributed by atoms with Crippen LogP contribution in [0.2, 0.25) is 0 Å². The standard InChI is InChI=1S/C31H28ClN5O2/c1-2-3-6-15-36-28(20-8-10-21(11-9-20)30(39)34-18-22-7-4-5-14-33-22)17-29(38)37-19-27(35-31(36)37)23-12-13-26(32)25-16-24(23)25/h4-5,7-14,16-17,19,24H,2-3,6,15,18H2,1H3,(H,34,39)/t24-/m1/s1. The second-order valence-electron chi connectivity index (χ2n) is 9.84. The first-order valence-corrected chi connectivity index (χ1v) is 13.6. The Morgan fingerprint density at radius 3 is 2.69 bits per heavy atom. The molecule has 0 spiro atoms. The van der Waals surface area contributed by atoms with E-state index in [1.54, 1.807) is 28.8 Å². The van der Waals surface area contributed by atoms with E-state index in [-0.39, 0.29) is 17.4 Å². The van der Waals surface area contributed by atoms with Crippen LogP contribution in [0.4, 0.5) is 0 Å². The summed E-state index contributed by atoms with van der Waals surface area (Å²) in [7, 11) is 0. The maximum atomic E-state index is 13.3. The lowest BCUT2D eigenvalue weighted by atomic mass is 10.0. The number of carbonyl (C=O) groups is 1. The molecular formula is C31H28ClN5O2. The van der Waals surface area contributed by atoms with Crippen molar-refractivity contribution in [1.82, 2.24) is 24.3 Å². The zero-order valence-corrected chi connectivity index (χ0v) is 22.4. The molecule has 0 bridgehead atoms. The predicted molar refractivity (Wildman–Crippen MR) is 153 cm³/mol. The lowest BCUT2D eigenvalue weighted by Gasteiger charge is -2.15. The number of benzene rings is 1. The van der Waals surface area contributed by atoms with Gasteiger partial charge in [0.2, 0.25) is 5.78 Å². The molecule has 0 unspecified atom stereocenters. The molecule has 2 aliphatic rings. The lowest BCUT2D eigenvalue weighted by molar-refractivity contribution is 0.0950. The van der Waals surface area contributed by atoms with Crippen LogP contribution >= 0.6 is 11.6 Å². The van der Waals surface area contributed by atoms with Crippen LogP contribution in [0.5, 0.6) is 0 Å². The van der Waals surface area contributed by atoms with Crippen molar-refractivity contribution in [2.75, 3.05) is 0 Å². The van der Waals surface area contributed by atoms with Gasteiger partial charge in [-0.3, -0.25) is 19.0 Å². The third-order valence-electron chi connectivity index (χ3n) is 7.19. The normalized spacial score (nSPS) is 15.8. The summed E-state index contributed by atoms with van der Waals surface area (Å²) < 4.78 is 3.75. The molecule has 0 fully saturated rings. The summed E-state index contributed by atoms with van der Waals surface area (Å²) in [6, 6.07) is 14.6. The molecule has 6 rings (SSSR count). The lowest BCUT2D eigenvalue weighted by Crippen LogP contribution is -2.23. The number of hydrogen-bond donors (Lipinski definition) is 1. The summed E-state index contributed by atoms with van der Waals surface area (Å²) in [5.74, 6) is 0.611. The fraction of sp³-hybridized carbons (Fsp3) is 0.226. The van der Waals surface area contributed by atoms with E-state index in [0.717, 1.165) is 64.6 Å². The van der Waals surface area contributed by atoms with Gasteiger partial charge in [-0.2, -0.15) is 0 Å². The first-order chi connectivity index (χ1) is 19.0. The van der Waals surface area contributed by atoms with Crippen molar-refractivity contribution in [3.8, 4) is 11.3 Å². The fourth-order valence-corrected chi connectivity index (χ4v) is 5.25. The Kier molecular flexibility index (Phi) is 6.75. The summed E-state index contributed by atoms with van der Waals surface area (Å²) >= 11 is 6.27. The van der Waals surface area contributed by atoms with Gasteiger partial charge < -0.3 is 9.88 Å². The van der Waals surface area contributed by atoms with Crippen molar-refractivity contribution < 1.29 is 4.79 Å². The number of rotatable bonds is 9. The van der Waals surface area contributed by atoms with Crippen molar-refractivity contribution in [3.63, 3.8) is 0 Å². The highest BCUT2D eigenvalue weighted by Crippen LogP contribution is 2.48. The van der Waals surface area contributed by atoms with Crippen LogP contribution in [0.1, 0.15) is 47.9 Å². The third kappa shape index (κ3) is 4.98. The highest BCUT2D eigenvalue weighted by Gasteiger charge is 2.34. The van der Waals surface area contributed by atoms with Gasteiger partial charge in [-0.25, -0.2) is 4.98 Å². The van der Waals surface area contributed by atoms with Crippen molar-refractivity contribution in [2.45, 2.75) is 39.3 Å². The number of allylic oxidation sites excluding steroid dienone is 6. The van der Waals surface area contributed by atoms with E-state index >= 15 is 0 Å². The van der Waals surface area contributed by atoms with Crippen LogP contribution in [-0.2, 0) is 13.1 Å². The molecule has 0 radical (unpaired) electrons. The monoisotopic (exact) mass is 537 g/mol. The maximum absolute atomic E-state index is 13.3. The van der Waals surface area contributed by atoms with Crippen LogP contribution in [0, 0.1) is 5.92 Å². The van der Waals surface area contributed by atoms with Gasteiger partial charge in [0.15, 0.2) is 0 Å². The number of carbonyl (C=O) groups excluding carboxylic acids is 1. The zero-order valence-electron chi connectivity index (χ0n) is 21.6. The van der Waals surface area contributed by atoms with E-state index in [1.165, 1.54) is 0 Å². The minimum atomic E-state index is -0.177. The van der Waals surface area contributed by atoms with E-state index in [9.17, 15) is 9.59 Å². The number of fused-ring (bicyclic) bond motifs is 2. The molecule has 0 saturated carbocycles. The molecule has 7 nitrogen and oxygen atoms in total. The fourth-order valence-electron chi connectivity index (χ4n) is 5.01. The molecule has 3 heterocycles. The van der Waals surface area contributed by atoms with E-state index in [4.69, 9.17) is 16.6 Å². The predicted octanol–water partition coefficient (Wildman–Crippen LogP) is 5.75. The third-order valence-corrected chi connectivity index (χ3v) is 7.53. The number of aromatic nitrogens is 4. The van der Waals surface area contributed by atoms with Crippen molar-refractivity contribution in [1.29, 1.82) is 0 Å². The molecule has 1 atom stereocenters. The van der Waals surface area contributed by atoms with E-state index < -0.39 is 0 Å². The largest absolute Gasteiger partial charge is 0.346 e. The first-order valence-electron chi connectivity index (χ1n) is 13.2. The van der Waals surface area contributed by atoms with Crippen molar-refractivity contribution >= 4 is 28.9 Å². The number of halogens is 1. The topological polar surface area (TPSA) is 81.3 Å². The average Bonchev–Trinajstić information content (AvgIpc) is 3.65. The highest BCUT2D eigenvalue weighted by atomic mass is 35.5. The number of hydrogen-bond acceptors (Lipinski definition) is 4. The van der Waals surface area contributed by atoms with Gasteiger partial charge in [-0.05, 0) is 53.5 Å². The second kappa shape index (κ2) is 10.5. The Balaban J connectivity index is 1.32. The molecule has 4 aromatic rings. The molecule has 8 heteroatoms. The Bertz CT molecular complexity index is 1710. The Hall–Kier alpha value is -4.23. The number of nitrogens with one attached hydrogen (secondary N) is 1. The van der Waals surface area contributed by atoms with Crippen LogP contribution in [0.25, 0.3) is 22.6 Å². The summed E-state index contributed by atoms with van der Waals surface area (Å²) in [6.07, 6.45) is 12.7. The molecule has 196 valence electrons. The Labute approximate surface area is 231 Å². The van der Waals surface area contributed by atoms with Crippen molar-refractivity contribution in [2.24, 2.45) is 5.92 Å². The maximum Gasteiger partial charge on any atom is 0.259 e. The second-order valence-corrected chi connectivity index (χ2v) is 10.2. The molecule has 1 amide bonds. The van der Waals surface area contributed by atoms with Gasteiger partial charge in [0, 0.05) is 41.5 Å². The van der Waals surface area contributed by atoms with Crippen LogP contribution in [0.3, 0.4) is 0 Å². The first kappa shape index (κ1) is 25.1. The van der Waals surface area contributed by atoms with Gasteiger partial charge in [-0.15, -0.1) is 0 Å². The van der Waals surface area contributed by atoms with Gasteiger partial charge in [0.25, 0.3) is 11.5 Å². The Morgan fingerprint density at radius 2 is 1.92 bits per heavy atom. The Morgan fingerprint density at radius 1 is 1.08 bits per heavy atom. The van der Waals surface area contributed by atoms with E-state index in [1.807, 2.05) is 48.7 Å². The number of imidazole rings is 1. The SMILES string of the molecule is CCCCCn1c(-c2ccc(C(=O)NCc3ccccn3)cc2)cc(=O)n2cc(C3=CC=C(Cl)C4=C[C@@H]43)nc12. The van der Waals surface area contributed by atoms with Crippen LogP contribution < -0.4 is 10.9 Å². The summed E-state index contributed by atoms with van der Waals surface area (Å²) in [5, 5.41) is 3.67. The van der Waals surface area contributed by atoms with E-state index in [0.29, 0.717) is 17.9 Å². The number of nitrogens with zero attached hydrogens (tertiary/aromatic N) is 4. The number of pyridine rings is 1. The minimum Gasteiger partial charge on any atom is -0.346 e. The zero-order chi connectivity index (χ0) is 26.9. The molecule has 39 heavy (non-hydrogen) atoms. The van der Waals surface area contributed by atoms with Gasteiger partial charge in [0.05, 0.1) is 23.6 Å². The highest BCUT2D eigenvalue weighted by molar-refractivity contribution is 6.33. The van der Waals surface area contributed by atoms with E-state index in [2.05, 4.69) is 27.9 Å². The number of amides is 1. The molecule has 1 N–H and O–H groups in total. The van der Waals surface area contributed by atoms with Gasteiger partial charge in [-0.1, -0.05) is 61.7 Å². The molecule has 1 aromatic carbocycles. The summed E-state index contributed by atoms with van der Waals surface area (Å²) in [4.78, 5) is 35.2. The minimum absolute atomic E-state index is 0.142. The van der Waals surface area contributed by atoms with Crippen LogP contribution in [0.15, 0.2) is 94.6 Å². The number of unbranched alkanes of at least 4 members (excludes halogenated alkanes) is 2. The molecular weight excluding hydrogens is 510 g/mol. The molecule has 3 aromatic heterocycles. The average molecular weight is 538 g/mol. The summed E-state index contributed by atoms with van der Waals surface area (Å²) in [6.45, 7) is 3.25. The van der Waals surface area contributed by atoms with Crippen LogP contribution in [-0.4, -0.2) is 24.8 Å². The summed E-state index contributed by atoms with van der Waals surface area (Å²) in [5.41, 5.74) is 5.79. The van der Waals surface area contributed by atoms with Crippen molar-refractivity contribution in [3.05, 3.63) is 117 Å². The molecule has 2 aliphatic carbocycles. The van der Waals surface area contributed by atoms with Gasteiger partial charge in [0.1, 0.15) is 0 Å². The molecule has 0 aliphatic heterocycles. The quantitative estimate of drug-likeness (QED) is 0.275. The van der Waals surface area contributed by atoms with Gasteiger partial charge >= 0.3 is 0 Å². The molecule has 0 saturated heterocycles.